The molecule has 4 nitrogen and oxygen atoms in total. The molecule has 4 rings (SSSR count). The summed E-state index contributed by atoms with van der Waals surface area (Å²) < 4.78 is 5.47. The standard InChI is InChI=1S/C17H24N2O2S/c20-17(14-5-10-22-12-14)19-7-2-15-16(19)1-6-18(15)11-13-3-8-21-9-4-13/h5,10,12-13,15-16H,1-4,6-9,11H2/t15-,16+/m1/s1. The van der Waals surface area contributed by atoms with E-state index in [1.165, 1.54) is 19.4 Å². The van der Waals surface area contributed by atoms with E-state index >= 15 is 0 Å². The van der Waals surface area contributed by atoms with Crippen LogP contribution >= 0.6 is 11.3 Å². The van der Waals surface area contributed by atoms with Crippen molar-refractivity contribution >= 4 is 17.2 Å². The zero-order valence-corrected chi connectivity index (χ0v) is 13.8. The maximum absolute atomic E-state index is 12.6. The molecule has 0 spiro atoms. The highest BCUT2D eigenvalue weighted by Gasteiger charge is 2.44. The van der Waals surface area contributed by atoms with Crippen LogP contribution < -0.4 is 0 Å². The number of rotatable bonds is 3. The average molecular weight is 320 g/mol. The molecule has 3 aliphatic heterocycles. The second-order valence-corrected chi connectivity index (χ2v) is 7.55. The predicted molar refractivity (Wildman–Crippen MR) is 87.3 cm³/mol. The fourth-order valence-corrected chi connectivity index (χ4v) is 5.00. The zero-order chi connectivity index (χ0) is 14.9. The van der Waals surface area contributed by atoms with E-state index < -0.39 is 0 Å². The Morgan fingerprint density at radius 2 is 2.00 bits per heavy atom. The minimum absolute atomic E-state index is 0.238. The van der Waals surface area contributed by atoms with Crippen LogP contribution in [0.1, 0.15) is 36.0 Å². The van der Waals surface area contributed by atoms with Crippen molar-refractivity contribution in [2.45, 2.75) is 37.8 Å². The third-order valence-electron chi connectivity index (χ3n) is 5.55. The first-order chi connectivity index (χ1) is 10.8. The van der Waals surface area contributed by atoms with Gasteiger partial charge in [-0.1, -0.05) is 0 Å². The molecule has 0 N–H and O–H groups in total. The number of nitrogens with zero attached hydrogens (tertiary/aromatic N) is 2. The van der Waals surface area contributed by atoms with E-state index in [1.54, 1.807) is 11.3 Å². The molecule has 3 fully saturated rings. The lowest BCUT2D eigenvalue weighted by atomic mass is 9.99. The van der Waals surface area contributed by atoms with Crippen LogP contribution in [0.25, 0.3) is 0 Å². The van der Waals surface area contributed by atoms with Crippen LogP contribution in [0.3, 0.4) is 0 Å². The van der Waals surface area contributed by atoms with Crippen LogP contribution in [0.2, 0.25) is 0 Å². The summed E-state index contributed by atoms with van der Waals surface area (Å²) in [5.41, 5.74) is 0.869. The quantitative estimate of drug-likeness (QED) is 0.858. The van der Waals surface area contributed by atoms with E-state index in [-0.39, 0.29) is 5.91 Å². The van der Waals surface area contributed by atoms with E-state index in [2.05, 4.69) is 9.80 Å². The largest absolute Gasteiger partial charge is 0.381 e. The number of likely N-dealkylation sites (tertiary alicyclic amines) is 2. The fourth-order valence-electron chi connectivity index (χ4n) is 4.37. The Labute approximate surface area is 136 Å². The molecule has 1 aromatic heterocycles. The van der Waals surface area contributed by atoms with Crippen LogP contribution in [0.4, 0.5) is 0 Å². The molecule has 0 aromatic carbocycles. The number of hydrogen-bond donors (Lipinski definition) is 0. The van der Waals surface area contributed by atoms with E-state index in [0.717, 1.165) is 50.6 Å². The van der Waals surface area contributed by atoms with Gasteiger partial charge in [0.05, 0.1) is 5.56 Å². The van der Waals surface area contributed by atoms with Gasteiger partial charge in [0, 0.05) is 50.3 Å². The van der Waals surface area contributed by atoms with Gasteiger partial charge in [0.25, 0.3) is 5.91 Å². The van der Waals surface area contributed by atoms with Crippen molar-refractivity contribution in [2.75, 3.05) is 32.8 Å². The van der Waals surface area contributed by atoms with Crippen LogP contribution in [0.5, 0.6) is 0 Å². The summed E-state index contributed by atoms with van der Waals surface area (Å²) in [4.78, 5) is 17.4. The summed E-state index contributed by atoms with van der Waals surface area (Å²) in [6, 6.07) is 2.98. The molecular weight excluding hydrogens is 296 g/mol. The third kappa shape index (κ3) is 2.70. The summed E-state index contributed by atoms with van der Waals surface area (Å²) >= 11 is 1.61. The molecule has 0 radical (unpaired) electrons. The Balaban J connectivity index is 1.39. The minimum Gasteiger partial charge on any atom is -0.381 e. The third-order valence-corrected chi connectivity index (χ3v) is 6.24. The summed E-state index contributed by atoms with van der Waals surface area (Å²) in [5, 5.41) is 3.97. The number of carbonyl (C=O) groups excluding carboxylic acids is 1. The number of ether oxygens (including phenoxy) is 1. The molecule has 3 aliphatic rings. The Kier molecular flexibility index (Phi) is 4.20. The number of fused-ring (bicyclic) bond motifs is 1. The molecule has 22 heavy (non-hydrogen) atoms. The Morgan fingerprint density at radius 3 is 2.77 bits per heavy atom. The highest BCUT2D eigenvalue weighted by Crippen LogP contribution is 2.34. The van der Waals surface area contributed by atoms with Crippen molar-refractivity contribution in [1.82, 2.24) is 9.80 Å². The van der Waals surface area contributed by atoms with Crippen LogP contribution in [0, 0.1) is 5.92 Å². The van der Waals surface area contributed by atoms with Crippen LogP contribution in [-0.4, -0.2) is 60.6 Å². The smallest absolute Gasteiger partial charge is 0.255 e. The lowest BCUT2D eigenvalue weighted by molar-refractivity contribution is 0.0502. The van der Waals surface area contributed by atoms with Gasteiger partial charge in [0.1, 0.15) is 0 Å². The fraction of sp³-hybridized carbons (Fsp3) is 0.706. The normalized spacial score (nSPS) is 29.9. The number of carbonyl (C=O) groups is 1. The Hall–Kier alpha value is -0.910. The second-order valence-electron chi connectivity index (χ2n) is 6.77. The van der Waals surface area contributed by atoms with Gasteiger partial charge in [-0.05, 0) is 43.0 Å². The summed E-state index contributed by atoms with van der Waals surface area (Å²) in [7, 11) is 0. The molecule has 120 valence electrons. The lowest BCUT2D eigenvalue weighted by Gasteiger charge is -2.30. The van der Waals surface area contributed by atoms with Crippen molar-refractivity contribution in [3.8, 4) is 0 Å². The molecule has 0 unspecified atom stereocenters. The van der Waals surface area contributed by atoms with Gasteiger partial charge in [0.15, 0.2) is 0 Å². The molecular formula is C17H24N2O2S. The highest BCUT2D eigenvalue weighted by molar-refractivity contribution is 7.08. The molecule has 0 saturated carbocycles. The van der Waals surface area contributed by atoms with E-state index in [9.17, 15) is 4.79 Å². The van der Waals surface area contributed by atoms with Gasteiger partial charge in [-0.2, -0.15) is 11.3 Å². The van der Waals surface area contributed by atoms with Gasteiger partial charge in [-0.25, -0.2) is 0 Å². The maximum Gasteiger partial charge on any atom is 0.255 e. The molecule has 2 atom stereocenters. The molecule has 1 amide bonds. The van der Waals surface area contributed by atoms with E-state index in [1.807, 2.05) is 16.8 Å². The Morgan fingerprint density at radius 1 is 1.18 bits per heavy atom. The first-order valence-corrected chi connectivity index (χ1v) is 9.42. The molecule has 3 saturated heterocycles. The van der Waals surface area contributed by atoms with Crippen molar-refractivity contribution < 1.29 is 9.53 Å². The second kappa shape index (κ2) is 6.30. The van der Waals surface area contributed by atoms with E-state index in [0.29, 0.717) is 12.1 Å². The molecule has 1 aromatic rings. The van der Waals surface area contributed by atoms with Crippen molar-refractivity contribution in [3.05, 3.63) is 22.4 Å². The van der Waals surface area contributed by atoms with Crippen LogP contribution in [0.15, 0.2) is 16.8 Å². The maximum atomic E-state index is 12.6. The van der Waals surface area contributed by atoms with Gasteiger partial charge in [-0.15, -0.1) is 0 Å². The summed E-state index contributed by atoms with van der Waals surface area (Å²) in [6.07, 6.45) is 4.68. The predicted octanol–water partition coefficient (Wildman–Crippen LogP) is 2.46. The zero-order valence-electron chi connectivity index (χ0n) is 12.9. The number of amides is 1. The highest BCUT2D eigenvalue weighted by atomic mass is 32.1. The summed E-state index contributed by atoms with van der Waals surface area (Å²) in [6.45, 7) is 5.13. The molecule has 0 bridgehead atoms. The van der Waals surface area contributed by atoms with Crippen molar-refractivity contribution in [3.63, 3.8) is 0 Å². The average Bonchev–Trinajstić information content (AvgIpc) is 3.26. The van der Waals surface area contributed by atoms with Gasteiger partial charge in [0.2, 0.25) is 0 Å². The van der Waals surface area contributed by atoms with E-state index in [4.69, 9.17) is 4.74 Å². The van der Waals surface area contributed by atoms with Gasteiger partial charge in [-0.3, -0.25) is 9.69 Å². The molecule has 0 aliphatic carbocycles. The number of hydrogen-bond acceptors (Lipinski definition) is 4. The van der Waals surface area contributed by atoms with Gasteiger partial charge >= 0.3 is 0 Å². The lowest BCUT2D eigenvalue weighted by Crippen LogP contribution is -2.41. The number of thiophene rings is 1. The molecule has 5 heteroatoms. The molecule has 4 heterocycles. The summed E-state index contributed by atoms with van der Waals surface area (Å²) in [5.74, 6) is 1.02. The first kappa shape index (κ1) is 14.7. The topological polar surface area (TPSA) is 32.8 Å². The monoisotopic (exact) mass is 320 g/mol. The Bertz CT molecular complexity index is 513. The minimum atomic E-state index is 0.238. The van der Waals surface area contributed by atoms with Gasteiger partial charge < -0.3 is 9.64 Å². The van der Waals surface area contributed by atoms with Crippen LogP contribution in [-0.2, 0) is 4.74 Å². The first-order valence-electron chi connectivity index (χ1n) is 8.48. The van der Waals surface area contributed by atoms with Crippen molar-refractivity contribution in [1.29, 1.82) is 0 Å². The SMILES string of the molecule is O=C(c1ccsc1)N1CC[C@@H]2[C@@H]1CCN2CC1CCOCC1. The van der Waals surface area contributed by atoms with Crippen molar-refractivity contribution in [2.24, 2.45) is 5.92 Å².